The molecule has 4 aromatic rings. The van der Waals surface area contributed by atoms with E-state index in [2.05, 4.69) is 25.3 Å². The molecule has 4 N–H and O–H groups in total. The van der Waals surface area contributed by atoms with E-state index in [1.807, 2.05) is 0 Å². The number of aromatic nitrogens is 2. The third-order valence-corrected chi connectivity index (χ3v) is 7.40. The number of methoxy groups -OCH3 is 1. The van der Waals surface area contributed by atoms with Crippen LogP contribution in [-0.4, -0.2) is 43.7 Å². The number of nitrogens with zero attached hydrogens (tertiary/aromatic N) is 2. The van der Waals surface area contributed by atoms with E-state index in [-0.39, 0.29) is 28.9 Å². The van der Waals surface area contributed by atoms with Crippen LogP contribution >= 0.6 is 0 Å². The molecular formula is C26H24FN5O4S. The van der Waals surface area contributed by atoms with Crippen LogP contribution in [-0.2, 0) is 10.0 Å². The fourth-order valence-corrected chi connectivity index (χ4v) is 5.35. The van der Waals surface area contributed by atoms with E-state index in [4.69, 9.17) is 4.74 Å². The molecule has 3 aromatic carbocycles. The quantitative estimate of drug-likeness (QED) is 0.311. The molecule has 9 nitrogen and oxygen atoms in total. The van der Waals surface area contributed by atoms with Crippen molar-refractivity contribution in [2.24, 2.45) is 0 Å². The Bertz CT molecular complexity index is 1560. The second-order valence-corrected chi connectivity index (χ2v) is 10.1. The van der Waals surface area contributed by atoms with Gasteiger partial charge in [-0.05, 0) is 53.9 Å². The van der Waals surface area contributed by atoms with Gasteiger partial charge in [-0.2, -0.15) is 4.98 Å². The molecule has 0 spiro atoms. The van der Waals surface area contributed by atoms with E-state index in [1.54, 1.807) is 42.6 Å². The molecule has 4 bridgehead atoms. The van der Waals surface area contributed by atoms with Gasteiger partial charge in [0.15, 0.2) is 11.6 Å². The lowest BCUT2D eigenvalue weighted by Crippen LogP contribution is -2.26. The topological polar surface area (TPSA) is 125 Å². The highest BCUT2D eigenvalue weighted by atomic mass is 32.2. The summed E-state index contributed by atoms with van der Waals surface area (Å²) in [5.74, 6) is 0.484. The van der Waals surface area contributed by atoms with Crippen molar-refractivity contribution in [3.8, 4) is 33.8 Å². The van der Waals surface area contributed by atoms with Crippen LogP contribution in [0.1, 0.15) is 6.42 Å². The fourth-order valence-electron chi connectivity index (χ4n) is 4.03. The SMILES string of the molecule is COc1cc(-c2cnc3nc2NCCCNS(=O)(=O)c2cc(ccc2-c2ccc(O)cc2)N3)ccc1F. The van der Waals surface area contributed by atoms with E-state index in [1.165, 1.54) is 31.4 Å². The second kappa shape index (κ2) is 10.0. The first kappa shape index (κ1) is 24.5. The van der Waals surface area contributed by atoms with Gasteiger partial charge in [0.05, 0.1) is 12.0 Å². The molecule has 2 heterocycles. The van der Waals surface area contributed by atoms with E-state index in [0.717, 1.165) is 0 Å². The van der Waals surface area contributed by atoms with Crippen LogP contribution in [0, 0.1) is 5.82 Å². The van der Waals surface area contributed by atoms with Crippen molar-refractivity contribution < 1.29 is 22.7 Å². The Balaban J connectivity index is 1.57. The van der Waals surface area contributed by atoms with Gasteiger partial charge in [-0.3, -0.25) is 0 Å². The molecule has 0 aliphatic carbocycles. The van der Waals surface area contributed by atoms with Crippen LogP contribution in [0.3, 0.4) is 0 Å². The predicted molar refractivity (Wildman–Crippen MR) is 139 cm³/mol. The normalized spacial score (nSPS) is 14.8. The minimum atomic E-state index is -3.86. The predicted octanol–water partition coefficient (Wildman–Crippen LogP) is 4.50. The van der Waals surface area contributed by atoms with E-state index < -0.39 is 15.8 Å². The summed E-state index contributed by atoms with van der Waals surface area (Å²) in [5.41, 5.74) is 2.92. The maximum Gasteiger partial charge on any atom is 0.241 e. The van der Waals surface area contributed by atoms with Crippen molar-refractivity contribution in [3.05, 3.63) is 72.7 Å². The lowest BCUT2D eigenvalue weighted by Gasteiger charge is -2.14. The zero-order valence-electron chi connectivity index (χ0n) is 19.8. The van der Waals surface area contributed by atoms with Crippen molar-refractivity contribution in [1.82, 2.24) is 14.7 Å². The van der Waals surface area contributed by atoms with Crippen LogP contribution in [0.25, 0.3) is 22.3 Å². The van der Waals surface area contributed by atoms with Gasteiger partial charge < -0.3 is 20.5 Å². The summed E-state index contributed by atoms with van der Waals surface area (Å²) in [6.07, 6.45) is 2.09. The number of ether oxygens (including phenoxy) is 1. The summed E-state index contributed by atoms with van der Waals surface area (Å²) < 4.78 is 48.2. The van der Waals surface area contributed by atoms with E-state index >= 15 is 0 Å². The molecule has 190 valence electrons. The van der Waals surface area contributed by atoms with E-state index in [0.29, 0.717) is 46.7 Å². The van der Waals surface area contributed by atoms with Crippen molar-refractivity contribution >= 4 is 27.5 Å². The summed E-state index contributed by atoms with van der Waals surface area (Å²) in [6.45, 7) is 0.617. The first-order valence-corrected chi connectivity index (χ1v) is 13.0. The molecule has 11 heteroatoms. The van der Waals surface area contributed by atoms with Crippen molar-refractivity contribution in [3.63, 3.8) is 0 Å². The fraction of sp³-hybridized carbons (Fsp3) is 0.154. The van der Waals surface area contributed by atoms with Gasteiger partial charge in [0, 0.05) is 36.1 Å². The Hall–Kier alpha value is -4.22. The van der Waals surface area contributed by atoms with Gasteiger partial charge in [0.2, 0.25) is 16.0 Å². The standard InChI is InChI=1S/C26H24FN5O4S/c1-36-23-13-17(5-10-22(23)27)21-15-29-26-31-18-6-9-20(16-3-7-19(33)8-4-16)24(14-18)37(34,35)30-12-2-11-28-25(21)32-26/h3-10,13-15,30,33H,2,11-12H2,1H3,(H2,28,29,31,32). The molecule has 0 fully saturated rings. The summed E-state index contributed by atoms with van der Waals surface area (Å²) in [7, 11) is -2.46. The molecule has 37 heavy (non-hydrogen) atoms. The van der Waals surface area contributed by atoms with Gasteiger partial charge >= 0.3 is 0 Å². The zero-order chi connectivity index (χ0) is 26.0. The van der Waals surface area contributed by atoms with Crippen molar-refractivity contribution in [2.75, 3.05) is 30.8 Å². The van der Waals surface area contributed by atoms with Crippen molar-refractivity contribution in [1.29, 1.82) is 0 Å². The van der Waals surface area contributed by atoms with E-state index in [9.17, 15) is 17.9 Å². The summed E-state index contributed by atoms with van der Waals surface area (Å²) in [6, 6.07) is 15.8. The third-order valence-electron chi connectivity index (χ3n) is 5.89. The van der Waals surface area contributed by atoms with Gasteiger partial charge in [-0.1, -0.05) is 24.3 Å². The molecule has 0 unspecified atom stereocenters. The highest BCUT2D eigenvalue weighted by Gasteiger charge is 2.21. The van der Waals surface area contributed by atoms with Crippen LogP contribution in [0.4, 0.5) is 21.8 Å². The Morgan fingerprint density at radius 2 is 1.76 bits per heavy atom. The molecular weight excluding hydrogens is 497 g/mol. The van der Waals surface area contributed by atoms with Crippen LogP contribution in [0.5, 0.6) is 11.5 Å². The Morgan fingerprint density at radius 1 is 0.973 bits per heavy atom. The summed E-state index contributed by atoms with van der Waals surface area (Å²) in [5, 5.41) is 16.0. The first-order valence-electron chi connectivity index (χ1n) is 11.5. The number of phenols is 1. The molecule has 0 amide bonds. The Morgan fingerprint density at radius 3 is 2.54 bits per heavy atom. The number of fused-ring (bicyclic) bond motifs is 4. The molecule has 1 aliphatic rings. The minimum Gasteiger partial charge on any atom is -0.508 e. The molecule has 5 rings (SSSR count). The number of nitrogens with one attached hydrogen (secondary N) is 3. The van der Waals surface area contributed by atoms with Gasteiger partial charge in [-0.25, -0.2) is 22.5 Å². The zero-order valence-corrected chi connectivity index (χ0v) is 20.6. The van der Waals surface area contributed by atoms with Crippen LogP contribution in [0.15, 0.2) is 71.8 Å². The monoisotopic (exact) mass is 521 g/mol. The summed E-state index contributed by atoms with van der Waals surface area (Å²) >= 11 is 0. The number of phenolic OH excluding ortho intramolecular Hbond substituents is 1. The highest BCUT2D eigenvalue weighted by molar-refractivity contribution is 7.89. The van der Waals surface area contributed by atoms with Crippen LogP contribution < -0.4 is 20.1 Å². The van der Waals surface area contributed by atoms with Gasteiger partial charge in [0.25, 0.3) is 0 Å². The lowest BCUT2D eigenvalue weighted by atomic mass is 10.1. The largest absolute Gasteiger partial charge is 0.508 e. The van der Waals surface area contributed by atoms with Crippen LogP contribution in [0.2, 0.25) is 0 Å². The molecule has 0 saturated carbocycles. The maximum atomic E-state index is 14.0. The van der Waals surface area contributed by atoms with Gasteiger partial charge in [0.1, 0.15) is 11.6 Å². The smallest absolute Gasteiger partial charge is 0.241 e. The highest BCUT2D eigenvalue weighted by Crippen LogP contribution is 2.34. The number of anilines is 3. The number of rotatable bonds is 3. The first-order chi connectivity index (χ1) is 17.8. The number of aromatic hydroxyl groups is 1. The number of benzene rings is 3. The number of hydrogen-bond donors (Lipinski definition) is 4. The number of hydrogen-bond acceptors (Lipinski definition) is 8. The van der Waals surface area contributed by atoms with Crippen molar-refractivity contribution in [2.45, 2.75) is 11.3 Å². The molecule has 0 saturated heterocycles. The number of sulfonamides is 1. The number of halogens is 1. The molecule has 1 aliphatic heterocycles. The molecule has 0 radical (unpaired) electrons. The molecule has 0 atom stereocenters. The van der Waals surface area contributed by atoms with Gasteiger partial charge in [-0.15, -0.1) is 0 Å². The molecule has 1 aromatic heterocycles. The second-order valence-electron chi connectivity index (χ2n) is 8.37. The maximum absolute atomic E-state index is 14.0. The third kappa shape index (κ3) is 5.18. The average molecular weight is 522 g/mol. The summed E-state index contributed by atoms with van der Waals surface area (Å²) in [4.78, 5) is 9.10. The Kier molecular flexibility index (Phi) is 6.64. The average Bonchev–Trinajstić information content (AvgIpc) is 2.89. The Labute approximate surface area is 213 Å². The minimum absolute atomic E-state index is 0.0886. The lowest BCUT2D eigenvalue weighted by molar-refractivity contribution is 0.387.